The summed E-state index contributed by atoms with van der Waals surface area (Å²) in [5.41, 5.74) is 0. The number of hydrogen-bond donors (Lipinski definition) is 9. The van der Waals surface area contributed by atoms with Crippen molar-refractivity contribution in [2.24, 2.45) is 0 Å². The quantitative estimate of drug-likeness (QED) is 0.0204. The van der Waals surface area contributed by atoms with Gasteiger partial charge in [0.1, 0.15) is 48.8 Å². The van der Waals surface area contributed by atoms with E-state index in [0.717, 1.165) is 51.4 Å². The molecule has 2 rings (SSSR count). The van der Waals surface area contributed by atoms with Crippen LogP contribution in [0.15, 0.2) is 12.2 Å². The van der Waals surface area contributed by atoms with Gasteiger partial charge in [0, 0.05) is 6.42 Å². The van der Waals surface area contributed by atoms with Crippen LogP contribution >= 0.6 is 0 Å². The SMILES string of the molecule is CCCCCCCCCC/C=C\CCCCCCCCCCCCCCCCCCCCCCCC(=O)NC(COC1OC(CO)C(OC2OC(CO)C(O)C(O)C2O)C(O)C1O)C(O)CCCCCCCCCCCCCCCCCCCCCCCCCCCCCC. The summed E-state index contributed by atoms with van der Waals surface area (Å²) in [6.45, 7) is 2.94. The van der Waals surface area contributed by atoms with Crippen molar-refractivity contribution >= 4 is 5.91 Å². The van der Waals surface area contributed by atoms with Crippen molar-refractivity contribution < 1.29 is 64.6 Å². The Morgan fingerprint density at radius 3 is 1.00 bits per heavy atom. The lowest BCUT2D eigenvalue weighted by molar-refractivity contribution is -0.359. The zero-order valence-corrected chi connectivity index (χ0v) is 62.0. The fraction of sp³-hybridized carbons (Fsp3) is 0.963. The summed E-state index contributed by atoms with van der Waals surface area (Å²) < 4.78 is 23.0. The Morgan fingerprint density at radius 2 is 0.663 bits per heavy atom. The largest absolute Gasteiger partial charge is 0.394 e. The molecule has 12 atom stereocenters. The normalized spacial score (nSPS) is 22.3. The standard InChI is InChI=1S/C81H157NO13/c1-3-5-7-9-11-13-15-17-19-21-23-25-27-29-31-33-34-35-36-37-39-41-43-45-47-49-51-53-55-57-59-61-63-65-73(86)82-69(68-92-80-78(91)76(89)79(72(67-84)94-80)95-81-77(90)75(88)74(87)71(66-83)93-81)70(85)64-62-60-58-56-54-52-50-48-46-44-42-40-38-32-30-28-26-24-22-20-18-16-14-12-10-8-6-4-2/h21,23,69-72,74-81,83-85,87-91H,3-20,22,24-68H2,1-2H3,(H,82,86)/b23-21-. The molecule has 564 valence electrons. The van der Waals surface area contributed by atoms with Crippen LogP contribution in [0.2, 0.25) is 0 Å². The Balaban J connectivity index is 1.59. The van der Waals surface area contributed by atoms with Gasteiger partial charge in [-0.2, -0.15) is 0 Å². The highest BCUT2D eigenvalue weighted by atomic mass is 16.7. The summed E-state index contributed by atoms with van der Waals surface area (Å²) in [5, 5.41) is 87.9. The third kappa shape index (κ3) is 49.1. The molecule has 0 bridgehead atoms. The molecule has 95 heavy (non-hydrogen) atoms. The summed E-state index contributed by atoms with van der Waals surface area (Å²) in [7, 11) is 0. The third-order valence-electron chi connectivity index (χ3n) is 20.7. The van der Waals surface area contributed by atoms with E-state index in [1.807, 2.05) is 0 Å². The molecule has 0 spiro atoms. The molecular weight excluding hydrogens is 1190 g/mol. The monoisotopic (exact) mass is 1350 g/mol. The molecule has 2 aliphatic rings. The van der Waals surface area contributed by atoms with Gasteiger partial charge < -0.3 is 65.1 Å². The van der Waals surface area contributed by atoms with Crippen molar-refractivity contribution in [3.63, 3.8) is 0 Å². The van der Waals surface area contributed by atoms with Crippen LogP contribution in [0.4, 0.5) is 0 Å². The second-order valence-corrected chi connectivity index (χ2v) is 29.6. The van der Waals surface area contributed by atoms with E-state index in [4.69, 9.17) is 18.9 Å². The number of carbonyl (C=O) groups is 1. The Hall–Kier alpha value is -1.27. The number of hydrogen-bond acceptors (Lipinski definition) is 13. The zero-order chi connectivity index (χ0) is 68.7. The number of rotatable bonds is 71. The Kier molecular flexibility index (Phi) is 62.4. The van der Waals surface area contributed by atoms with Crippen molar-refractivity contribution in [2.75, 3.05) is 19.8 Å². The summed E-state index contributed by atoms with van der Waals surface area (Å²) in [5.74, 6) is -0.196. The van der Waals surface area contributed by atoms with Gasteiger partial charge in [-0.15, -0.1) is 0 Å². The van der Waals surface area contributed by atoms with Gasteiger partial charge in [0.25, 0.3) is 0 Å². The Morgan fingerprint density at radius 1 is 0.368 bits per heavy atom. The van der Waals surface area contributed by atoms with Crippen LogP contribution in [0.25, 0.3) is 0 Å². The van der Waals surface area contributed by atoms with Crippen LogP contribution in [-0.2, 0) is 23.7 Å². The van der Waals surface area contributed by atoms with Gasteiger partial charge in [-0.05, 0) is 38.5 Å². The van der Waals surface area contributed by atoms with E-state index >= 15 is 0 Å². The van der Waals surface area contributed by atoms with Crippen molar-refractivity contribution in [1.29, 1.82) is 0 Å². The lowest BCUT2D eigenvalue weighted by atomic mass is 9.97. The molecule has 0 aromatic rings. The maximum absolute atomic E-state index is 13.4. The predicted octanol–water partition coefficient (Wildman–Crippen LogP) is 18.9. The smallest absolute Gasteiger partial charge is 0.220 e. The van der Waals surface area contributed by atoms with Gasteiger partial charge in [-0.1, -0.05) is 373 Å². The summed E-state index contributed by atoms with van der Waals surface area (Å²) >= 11 is 0. The minimum Gasteiger partial charge on any atom is -0.394 e. The van der Waals surface area contributed by atoms with E-state index in [0.29, 0.717) is 12.8 Å². The van der Waals surface area contributed by atoms with E-state index in [1.165, 1.54) is 327 Å². The van der Waals surface area contributed by atoms with Crippen molar-refractivity contribution in [2.45, 2.75) is 479 Å². The van der Waals surface area contributed by atoms with Crippen molar-refractivity contribution in [3.8, 4) is 0 Å². The molecule has 0 aromatic carbocycles. The number of unbranched alkanes of at least 4 members (excludes halogenated alkanes) is 56. The minimum atomic E-state index is -1.78. The number of allylic oxidation sites excluding steroid dienone is 2. The first-order valence-corrected chi connectivity index (χ1v) is 41.4. The molecule has 9 N–H and O–H groups in total. The number of aliphatic hydroxyl groups is 8. The van der Waals surface area contributed by atoms with E-state index in [2.05, 4.69) is 31.3 Å². The number of aliphatic hydroxyl groups excluding tert-OH is 8. The van der Waals surface area contributed by atoms with Crippen LogP contribution in [0, 0.1) is 0 Å². The molecule has 0 radical (unpaired) electrons. The first kappa shape index (κ1) is 89.8. The van der Waals surface area contributed by atoms with E-state index in [9.17, 15) is 45.6 Å². The van der Waals surface area contributed by atoms with Gasteiger partial charge >= 0.3 is 0 Å². The molecule has 2 fully saturated rings. The second kappa shape index (κ2) is 66.0. The molecule has 1 amide bonds. The number of amides is 1. The fourth-order valence-electron chi connectivity index (χ4n) is 14.2. The Bertz CT molecular complexity index is 1640. The first-order chi connectivity index (χ1) is 46.6. The van der Waals surface area contributed by atoms with Crippen LogP contribution in [-0.4, -0.2) is 140 Å². The molecule has 14 heteroatoms. The predicted molar refractivity (Wildman–Crippen MR) is 392 cm³/mol. The number of nitrogens with one attached hydrogen (secondary N) is 1. The molecule has 0 aliphatic carbocycles. The summed E-state index contributed by atoms with van der Waals surface area (Å²) in [4.78, 5) is 13.4. The third-order valence-corrected chi connectivity index (χ3v) is 20.7. The van der Waals surface area contributed by atoms with E-state index in [1.54, 1.807) is 0 Å². The molecule has 0 aromatic heterocycles. The van der Waals surface area contributed by atoms with Crippen molar-refractivity contribution in [1.82, 2.24) is 5.32 Å². The molecular formula is C81H157NO13. The van der Waals surface area contributed by atoms with E-state index in [-0.39, 0.29) is 12.5 Å². The summed E-state index contributed by atoms with van der Waals surface area (Å²) in [6, 6.07) is -0.827. The highest BCUT2D eigenvalue weighted by molar-refractivity contribution is 5.76. The topological polar surface area (TPSA) is 228 Å². The lowest BCUT2D eigenvalue weighted by Gasteiger charge is -2.46. The van der Waals surface area contributed by atoms with E-state index < -0.39 is 86.8 Å². The fourth-order valence-corrected chi connectivity index (χ4v) is 14.2. The highest BCUT2D eigenvalue weighted by Gasteiger charge is 2.51. The maximum atomic E-state index is 13.4. The first-order valence-electron chi connectivity index (χ1n) is 41.4. The average molecular weight is 1350 g/mol. The van der Waals surface area contributed by atoms with Gasteiger partial charge in [0.05, 0.1) is 32.0 Å². The molecule has 2 saturated heterocycles. The lowest BCUT2D eigenvalue weighted by Crippen LogP contribution is -2.65. The van der Waals surface area contributed by atoms with Crippen molar-refractivity contribution in [3.05, 3.63) is 12.2 Å². The molecule has 2 heterocycles. The van der Waals surface area contributed by atoms with Gasteiger partial charge in [0.15, 0.2) is 12.6 Å². The highest BCUT2D eigenvalue weighted by Crippen LogP contribution is 2.31. The van der Waals surface area contributed by atoms with Gasteiger partial charge in [-0.25, -0.2) is 0 Å². The second-order valence-electron chi connectivity index (χ2n) is 29.6. The van der Waals surface area contributed by atoms with Crippen LogP contribution in [0.5, 0.6) is 0 Å². The Labute approximate surface area is 584 Å². The maximum Gasteiger partial charge on any atom is 0.220 e. The number of carbonyl (C=O) groups excluding carboxylic acids is 1. The van der Waals surface area contributed by atoms with Gasteiger partial charge in [-0.3, -0.25) is 4.79 Å². The number of ether oxygens (including phenoxy) is 4. The molecule has 2 aliphatic heterocycles. The van der Waals surface area contributed by atoms with Crippen LogP contribution < -0.4 is 5.32 Å². The minimum absolute atomic E-state index is 0.196. The summed E-state index contributed by atoms with van der Waals surface area (Å²) in [6.07, 6.45) is 66.9. The van der Waals surface area contributed by atoms with Crippen LogP contribution in [0.1, 0.15) is 406 Å². The van der Waals surface area contributed by atoms with Gasteiger partial charge in [0.2, 0.25) is 5.91 Å². The average Bonchev–Trinajstić information content (AvgIpc) is 0.801. The molecule has 12 unspecified atom stereocenters. The molecule has 14 nitrogen and oxygen atoms in total. The zero-order valence-electron chi connectivity index (χ0n) is 62.0. The molecule has 0 saturated carbocycles. The van der Waals surface area contributed by atoms with Crippen LogP contribution in [0.3, 0.4) is 0 Å².